The summed E-state index contributed by atoms with van der Waals surface area (Å²) in [5.74, 6) is -1.42. The van der Waals surface area contributed by atoms with Crippen LogP contribution in [0.15, 0.2) is 0 Å². The van der Waals surface area contributed by atoms with Crippen molar-refractivity contribution in [2.75, 3.05) is 0 Å². The predicted molar refractivity (Wildman–Crippen MR) is 53.0 cm³/mol. The van der Waals surface area contributed by atoms with E-state index in [0.717, 1.165) is 12.8 Å². The number of carbonyl (C=O) groups is 2. The average Bonchev–Trinajstić information content (AvgIpc) is 2.72. The van der Waals surface area contributed by atoms with E-state index in [2.05, 4.69) is 0 Å². The number of nitrogens with two attached hydrogens (primary N) is 1. The Morgan fingerprint density at radius 1 is 1.47 bits per heavy atom. The van der Waals surface area contributed by atoms with Crippen molar-refractivity contribution in [1.82, 2.24) is 4.90 Å². The van der Waals surface area contributed by atoms with Gasteiger partial charge in [-0.05, 0) is 26.2 Å². The van der Waals surface area contributed by atoms with Gasteiger partial charge < -0.3 is 10.8 Å². The number of hydrogen-bond donors (Lipinski definition) is 2. The van der Waals surface area contributed by atoms with Crippen molar-refractivity contribution in [3.8, 4) is 0 Å². The molecule has 4 atom stereocenters. The molecule has 2 aliphatic heterocycles. The summed E-state index contributed by atoms with van der Waals surface area (Å²) in [4.78, 5) is 24.1. The first-order valence-corrected chi connectivity index (χ1v) is 5.32. The second-order valence-corrected chi connectivity index (χ2v) is 4.50. The fourth-order valence-electron chi connectivity index (χ4n) is 3.05. The highest BCUT2D eigenvalue weighted by Gasteiger charge is 2.51. The fraction of sp³-hybridized carbons (Fsp3) is 0.800. The minimum Gasteiger partial charge on any atom is -0.481 e. The molecule has 0 aromatic carbocycles. The van der Waals surface area contributed by atoms with Crippen LogP contribution in [0.25, 0.3) is 0 Å². The molecule has 0 spiro atoms. The van der Waals surface area contributed by atoms with Crippen molar-refractivity contribution >= 4 is 11.9 Å². The molecule has 3 N–H and O–H groups in total. The highest BCUT2D eigenvalue weighted by atomic mass is 16.4. The molecule has 2 aliphatic rings. The third-order valence-corrected chi connectivity index (χ3v) is 3.77. The zero-order valence-electron chi connectivity index (χ0n) is 8.72. The summed E-state index contributed by atoms with van der Waals surface area (Å²) in [6.45, 7) is 1.76. The highest BCUT2D eigenvalue weighted by molar-refractivity contribution is 5.80. The van der Waals surface area contributed by atoms with E-state index in [1.165, 1.54) is 0 Å². The Morgan fingerprint density at radius 2 is 2.13 bits per heavy atom. The lowest BCUT2D eigenvalue weighted by molar-refractivity contribution is -0.143. The minimum absolute atomic E-state index is 0.00926. The molecule has 2 fully saturated rings. The van der Waals surface area contributed by atoms with Crippen LogP contribution >= 0.6 is 0 Å². The van der Waals surface area contributed by atoms with Gasteiger partial charge in [0.2, 0.25) is 5.91 Å². The van der Waals surface area contributed by atoms with Gasteiger partial charge in [0, 0.05) is 12.1 Å². The molecule has 0 aromatic rings. The fourth-order valence-corrected chi connectivity index (χ4v) is 3.05. The largest absolute Gasteiger partial charge is 0.481 e. The van der Waals surface area contributed by atoms with E-state index in [1.807, 2.05) is 4.90 Å². The number of rotatable bonds is 3. The van der Waals surface area contributed by atoms with Gasteiger partial charge in [0.15, 0.2) is 0 Å². The molecule has 5 nitrogen and oxygen atoms in total. The topological polar surface area (TPSA) is 83.6 Å². The molecule has 2 rings (SSSR count). The Morgan fingerprint density at radius 3 is 2.60 bits per heavy atom. The van der Waals surface area contributed by atoms with Crippen molar-refractivity contribution in [1.29, 1.82) is 0 Å². The zero-order valence-corrected chi connectivity index (χ0v) is 8.72. The van der Waals surface area contributed by atoms with Gasteiger partial charge in [-0.15, -0.1) is 0 Å². The van der Waals surface area contributed by atoms with Crippen molar-refractivity contribution in [3.05, 3.63) is 0 Å². The zero-order chi connectivity index (χ0) is 11.2. The van der Waals surface area contributed by atoms with Crippen LogP contribution in [0.1, 0.15) is 26.2 Å². The molecule has 2 bridgehead atoms. The molecule has 4 unspecified atom stereocenters. The maximum Gasteiger partial charge on any atom is 0.308 e. The quantitative estimate of drug-likeness (QED) is 0.678. The van der Waals surface area contributed by atoms with Crippen molar-refractivity contribution in [3.63, 3.8) is 0 Å². The van der Waals surface area contributed by atoms with Gasteiger partial charge in [-0.1, -0.05) is 0 Å². The third kappa shape index (κ3) is 1.51. The number of carboxylic acid groups (broad SMARTS) is 1. The number of fused-ring (bicyclic) bond motifs is 2. The van der Waals surface area contributed by atoms with Crippen molar-refractivity contribution < 1.29 is 14.7 Å². The lowest BCUT2D eigenvalue weighted by Crippen LogP contribution is -2.46. The Balaban J connectivity index is 2.16. The smallest absolute Gasteiger partial charge is 0.308 e. The number of aliphatic carboxylic acids is 1. The summed E-state index contributed by atoms with van der Waals surface area (Å²) >= 11 is 0. The Labute approximate surface area is 88.2 Å². The Bertz CT molecular complexity index is 305. The maximum atomic E-state index is 11.1. The third-order valence-electron chi connectivity index (χ3n) is 3.77. The summed E-state index contributed by atoms with van der Waals surface area (Å²) in [6.07, 6.45) is 2.53. The van der Waals surface area contributed by atoms with Gasteiger partial charge in [-0.2, -0.15) is 0 Å². The first-order valence-electron chi connectivity index (χ1n) is 5.32. The van der Waals surface area contributed by atoms with Crippen molar-refractivity contribution in [2.45, 2.75) is 44.3 Å². The Hall–Kier alpha value is -1.10. The molecule has 0 aliphatic carbocycles. The summed E-state index contributed by atoms with van der Waals surface area (Å²) in [6, 6.07) is -0.0968. The van der Waals surface area contributed by atoms with Crippen LogP contribution in [-0.4, -0.2) is 40.0 Å². The van der Waals surface area contributed by atoms with Crippen LogP contribution in [0, 0.1) is 5.92 Å². The second-order valence-electron chi connectivity index (χ2n) is 4.50. The van der Waals surface area contributed by atoms with Gasteiger partial charge in [-0.25, -0.2) is 0 Å². The van der Waals surface area contributed by atoms with E-state index in [0.29, 0.717) is 6.42 Å². The van der Waals surface area contributed by atoms with E-state index in [-0.39, 0.29) is 30.0 Å². The van der Waals surface area contributed by atoms with Crippen LogP contribution in [0.4, 0.5) is 0 Å². The van der Waals surface area contributed by atoms with Crippen LogP contribution in [0.3, 0.4) is 0 Å². The molecular formula is C10H16N2O3. The predicted octanol–water partition coefficient (Wildman–Crippen LogP) is -0.202. The molecule has 5 heteroatoms. The van der Waals surface area contributed by atoms with Gasteiger partial charge in [0.25, 0.3) is 0 Å². The Kier molecular flexibility index (Phi) is 2.42. The van der Waals surface area contributed by atoms with E-state index in [9.17, 15) is 9.59 Å². The number of carboxylic acids is 1. The monoisotopic (exact) mass is 212 g/mol. The normalized spacial score (nSPS) is 36.7. The summed E-state index contributed by atoms with van der Waals surface area (Å²) < 4.78 is 0. The lowest BCUT2D eigenvalue weighted by Gasteiger charge is -2.27. The standard InChI is InChI=1S/C10H16N2O3/c1-5(9(11)13)12-6-2-3-8(12)7(4-6)10(14)15/h5-8H,2-4H2,1H3,(H2,11,13)(H,14,15). The van der Waals surface area contributed by atoms with Crippen LogP contribution in [0.5, 0.6) is 0 Å². The number of carbonyl (C=O) groups excluding carboxylic acids is 1. The highest BCUT2D eigenvalue weighted by Crippen LogP contribution is 2.42. The molecule has 2 heterocycles. The molecule has 84 valence electrons. The maximum absolute atomic E-state index is 11.1. The van der Waals surface area contributed by atoms with E-state index in [1.54, 1.807) is 6.92 Å². The van der Waals surface area contributed by atoms with Gasteiger partial charge in [-0.3, -0.25) is 14.5 Å². The van der Waals surface area contributed by atoms with Gasteiger partial charge >= 0.3 is 5.97 Å². The number of amides is 1. The van der Waals surface area contributed by atoms with Crippen LogP contribution in [0.2, 0.25) is 0 Å². The van der Waals surface area contributed by atoms with Crippen LogP contribution < -0.4 is 5.73 Å². The summed E-state index contributed by atoms with van der Waals surface area (Å²) in [5.41, 5.74) is 5.26. The molecule has 15 heavy (non-hydrogen) atoms. The van der Waals surface area contributed by atoms with E-state index >= 15 is 0 Å². The first kappa shape index (κ1) is 10.4. The summed E-state index contributed by atoms with van der Waals surface area (Å²) in [7, 11) is 0. The van der Waals surface area contributed by atoms with Gasteiger partial charge in [0.1, 0.15) is 0 Å². The molecule has 1 amide bonds. The number of primary amides is 1. The van der Waals surface area contributed by atoms with Gasteiger partial charge in [0.05, 0.1) is 12.0 Å². The van der Waals surface area contributed by atoms with E-state index < -0.39 is 5.97 Å². The van der Waals surface area contributed by atoms with Crippen LogP contribution in [-0.2, 0) is 9.59 Å². The van der Waals surface area contributed by atoms with E-state index in [4.69, 9.17) is 10.8 Å². The molecular weight excluding hydrogens is 196 g/mol. The molecule has 2 saturated heterocycles. The summed E-state index contributed by atoms with van der Waals surface area (Å²) in [5, 5.41) is 9.03. The number of hydrogen-bond acceptors (Lipinski definition) is 3. The number of nitrogens with zero attached hydrogens (tertiary/aromatic N) is 1. The minimum atomic E-state index is -0.746. The molecule has 0 aromatic heterocycles. The first-order chi connectivity index (χ1) is 7.02. The molecule has 0 radical (unpaired) electrons. The molecule has 0 saturated carbocycles. The second kappa shape index (κ2) is 3.48. The van der Waals surface area contributed by atoms with Crippen molar-refractivity contribution in [2.24, 2.45) is 11.7 Å². The SMILES string of the molecule is CC(C(N)=O)N1C2CCC1C(C(=O)O)C2. The lowest BCUT2D eigenvalue weighted by atomic mass is 9.89. The average molecular weight is 212 g/mol.